The second-order valence-electron chi connectivity index (χ2n) is 4.20. The van der Waals surface area contributed by atoms with Crippen LogP contribution in [0.3, 0.4) is 0 Å². The van der Waals surface area contributed by atoms with Crippen molar-refractivity contribution in [2.75, 3.05) is 13.6 Å². The molecule has 94 valence electrons. The molecule has 0 aliphatic carbocycles. The maximum absolute atomic E-state index is 12.0. The minimum Gasteiger partial charge on any atom is -0.508 e. The molecule has 0 aromatic heterocycles. The number of phenolic OH excluding ortho intramolecular Hbond substituents is 1. The monoisotopic (exact) mass is 236 g/mol. The van der Waals surface area contributed by atoms with Gasteiger partial charge in [-0.3, -0.25) is 4.79 Å². The molecule has 1 aromatic rings. The Bertz CT molecular complexity index is 358. The first-order valence-electron chi connectivity index (χ1n) is 5.81. The molecule has 0 radical (unpaired) electrons. The van der Waals surface area contributed by atoms with E-state index in [2.05, 4.69) is 0 Å². The standard InChI is InChI=1S/C13H20N2O2/c1-3-11(8-14)13(17)15(2)9-10-4-6-12(16)7-5-10/h4-7,11,16H,3,8-9,14H2,1-2H3. The summed E-state index contributed by atoms with van der Waals surface area (Å²) in [7, 11) is 1.77. The van der Waals surface area contributed by atoms with Gasteiger partial charge >= 0.3 is 0 Å². The summed E-state index contributed by atoms with van der Waals surface area (Å²) in [5.41, 5.74) is 6.55. The second-order valence-corrected chi connectivity index (χ2v) is 4.20. The summed E-state index contributed by atoms with van der Waals surface area (Å²) in [6.45, 7) is 2.88. The van der Waals surface area contributed by atoms with Crippen molar-refractivity contribution in [2.45, 2.75) is 19.9 Å². The molecule has 0 aliphatic rings. The number of nitrogens with two attached hydrogens (primary N) is 1. The van der Waals surface area contributed by atoms with Gasteiger partial charge in [0.2, 0.25) is 5.91 Å². The number of carbonyl (C=O) groups is 1. The number of aromatic hydroxyl groups is 1. The SMILES string of the molecule is CCC(CN)C(=O)N(C)Cc1ccc(O)cc1. The van der Waals surface area contributed by atoms with Crippen LogP contribution < -0.4 is 5.73 Å². The highest BCUT2D eigenvalue weighted by atomic mass is 16.3. The molecule has 0 aliphatic heterocycles. The first-order valence-corrected chi connectivity index (χ1v) is 5.81. The Labute approximate surface area is 102 Å². The molecule has 0 spiro atoms. The van der Waals surface area contributed by atoms with Crippen LogP contribution in [0.15, 0.2) is 24.3 Å². The second kappa shape index (κ2) is 6.25. The quantitative estimate of drug-likeness (QED) is 0.810. The summed E-state index contributed by atoms with van der Waals surface area (Å²) in [6, 6.07) is 6.85. The van der Waals surface area contributed by atoms with Crippen LogP contribution in [0.2, 0.25) is 0 Å². The van der Waals surface area contributed by atoms with E-state index in [1.54, 1.807) is 24.1 Å². The third-order valence-electron chi connectivity index (χ3n) is 2.86. The van der Waals surface area contributed by atoms with Crippen LogP contribution >= 0.6 is 0 Å². The smallest absolute Gasteiger partial charge is 0.226 e. The van der Waals surface area contributed by atoms with Gasteiger partial charge in [0, 0.05) is 20.1 Å². The van der Waals surface area contributed by atoms with Gasteiger partial charge in [-0.2, -0.15) is 0 Å². The summed E-state index contributed by atoms with van der Waals surface area (Å²) < 4.78 is 0. The fourth-order valence-corrected chi connectivity index (χ4v) is 1.71. The summed E-state index contributed by atoms with van der Waals surface area (Å²) in [5, 5.41) is 9.17. The van der Waals surface area contributed by atoms with Gasteiger partial charge in [0.25, 0.3) is 0 Å². The third kappa shape index (κ3) is 3.75. The number of phenols is 1. The van der Waals surface area contributed by atoms with Crippen molar-refractivity contribution >= 4 is 5.91 Å². The number of nitrogens with zero attached hydrogens (tertiary/aromatic N) is 1. The lowest BCUT2D eigenvalue weighted by Gasteiger charge is -2.22. The molecule has 1 aromatic carbocycles. The minimum atomic E-state index is -0.0999. The van der Waals surface area contributed by atoms with Crippen LogP contribution in [0.1, 0.15) is 18.9 Å². The Balaban J connectivity index is 2.62. The van der Waals surface area contributed by atoms with Gasteiger partial charge in [-0.05, 0) is 24.1 Å². The zero-order valence-corrected chi connectivity index (χ0v) is 10.4. The molecule has 0 heterocycles. The summed E-state index contributed by atoms with van der Waals surface area (Å²) >= 11 is 0. The molecule has 0 saturated carbocycles. The Kier molecular flexibility index (Phi) is 4.97. The van der Waals surface area contributed by atoms with Gasteiger partial charge < -0.3 is 15.7 Å². The number of hydrogen-bond donors (Lipinski definition) is 2. The molecular formula is C13H20N2O2. The molecular weight excluding hydrogens is 216 g/mol. The van der Waals surface area contributed by atoms with Gasteiger partial charge in [0.1, 0.15) is 5.75 Å². The largest absolute Gasteiger partial charge is 0.508 e. The molecule has 1 unspecified atom stereocenters. The normalized spacial score (nSPS) is 12.2. The fourth-order valence-electron chi connectivity index (χ4n) is 1.71. The molecule has 0 fully saturated rings. The van der Waals surface area contributed by atoms with E-state index >= 15 is 0 Å². The molecule has 0 bridgehead atoms. The van der Waals surface area contributed by atoms with E-state index in [0.29, 0.717) is 13.1 Å². The number of hydrogen-bond acceptors (Lipinski definition) is 3. The highest BCUT2D eigenvalue weighted by molar-refractivity contribution is 5.78. The van der Waals surface area contributed by atoms with Crippen molar-refractivity contribution in [1.82, 2.24) is 4.90 Å². The zero-order valence-electron chi connectivity index (χ0n) is 10.4. The van der Waals surface area contributed by atoms with Crippen molar-refractivity contribution in [1.29, 1.82) is 0 Å². The molecule has 1 atom stereocenters. The first kappa shape index (κ1) is 13.5. The predicted molar refractivity (Wildman–Crippen MR) is 67.4 cm³/mol. The summed E-state index contributed by atoms with van der Waals surface area (Å²) in [5.74, 6) is 0.205. The Morgan fingerprint density at radius 3 is 2.47 bits per heavy atom. The van der Waals surface area contributed by atoms with Gasteiger partial charge in [0.15, 0.2) is 0 Å². The summed E-state index contributed by atoms with van der Waals surface area (Å²) in [4.78, 5) is 13.6. The molecule has 17 heavy (non-hydrogen) atoms. The molecule has 4 nitrogen and oxygen atoms in total. The maximum Gasteiger partial charge on any atom is 0.226 e. The third-order valence-corrected chi connectivity index (χ3v) is 2.86. The van der Waals surface area contributed by atoms with Crippen molar-refractivity contribution in [3.63, 3.8) is 0 Å². The fraction of sp³-hybridized carbons (Fsp3) is 0.462. The van der Waals surface area contributed by atoms with Crippen LogP contribution in [0.5, 0.6) is 5.75 Å². The minimum absolute atomic E-state index is 0.0723. The Hall–Kier alpha value is -1.55. The van der Waals surface area contributed by atoms with Gasteiger partial charge in [-0.1, -0.05) is 19.1 Å². The zero-order chi connectivity index (χ0) is 12.8. The average Bonchev–Trinajstić information content (AvgIpc) is 2.33. The lowest BCUT2D eigenvalue weighted by Crippen LogP contribution is -2.35. The number of benzene rings is 1. The van der Waals surface area contributed by atoms with Crippen LogP contribution in [0.4, 0.5) is 0 Å². The van der Waals surface area contributed by atoms with E-state index in [-0.39, 0.29) is 17.6 Å². The van der Waals surface area contributed by atoms with E-state index in [1.807, 2.05) is 19.1 Å². The topological polar surface area (TPSA) is 66.6 Å². The van der Waals surface area contributed by atoms with Gasteiger partial charge in [-0.25, -0.2) is 0 Å². The van der Waals surface area contributed by atoms with E-state index < -0.39 is 0 Å². The van der Waals surface area contributed by atoms with Gasteiger partial charge in [0.05, 0.1) is 5.92 Å². The lowest BCUT2D eigenvalue weighted by molar-refractivity contribution is -0.134. The summed E-state index contributed by atoms with van der Waals surface area (Å²) in [6.07, 6.45) is 0.759. The number of carbonyl (C=O) groups excluding carboxylic acids is 1. The predicted octanol–water partition coefficient (Wildman–Crippen LogP) is 1.34. The molecule has 3 N–H and O–H groups in total. The van der Waals surface area contributed by atoms with Crippen LogP contribution in [0.25, 0.3) is 0 Å². The molecule has 4 heteroatoms. The van der Waals surface area contributed by atoms with E-state index in [9.17, 15) is 4.79 Å². The first-order chi connectivity index (χ1) is 8.08. The van der Waals surface area contributed by atoms with Crippen LogP contribution in [0, 0.1) is 5.92 Å². The average molecular weight is 236 g/mol. The van der Waals surface area contributed by atoms with Crippen LogP contribution in [-0.4, -0.2) is 29.5 Å². The van der Waals surface area contributed by atoms with E-state index in [4.69, 9.17) is 10.8 Å². The molecule has 1 amide bonds. The van der Waals surface area contributed by atoms with Crippen molar-refractivity contribution < 1.29 is 9.90 Å². The van der Waals surface area contributed by atoms with E-state index in [0.717, 1.165) is 12.0 Å². The highest BCUT2D eigenvalue weighted by Crippen LogP contribution is 2.13. The Morgan fingerprint density at radius 1 is 1.41 bits per heavy atom. The van der Waals surface area contributed by atoms with Gasteiger partial charge in [-0.15, -0.1) is 0 Å². The van der Waals surface area contributed by atoms with E-state index in [1.165, 1.54) is 0 Å². The molecule has 1 rings (SSSR count). The lowest BCUT2D eigenvalue weighted by atomic mass is 10.1. The van der Waals surface area contributed by atoms with Crippen molar-refractivity contribution in [2.24, 2.45) is 11.7 Å². The van der Waals surface area contributed by atoms with Crippen molar-refractivity contribution in [3.05, 3.63) is 29.8 Å². The number of rotatable bonds is 5. The Morgan fingerprint density at radius 2 is 2.00 bits per heavy atom. The number of amides is 1. The maximum atomic E-state index is 12.0. The highest BCUT2D eigenvalue weighted by Gasteiger charge is 2.18. The molecule has 0 saturated heterocycles. The van der Waals surface area contributed by atoms with Crippen molar-refractivity contribution in [3.8, 4) is 5.75 Å². The van der Waals surface area contributed by atoms with Crippen LogP contribution in [-0.2, 0) is 11.3 Å².